The lowest BCUT2D eigenvalue weighted by Crippen LogP contribution is -2.29. The Kier molecular flexibility index (Phi) is 1.79. The normalized spacial score (nSPS) is 18.9. The fraction of sp³-hybridized carbons (Fsp3) is 0.571. The van der Waals surface area contributed by atoms with Gasteiger partial charge in [-0.15, -0.1) is 0 Å². The molecule has 1 aromatic rings. The van der Waals surface area contributed by atoms with Crippen LogP contribution in [0.4, 0.5) is 13.2 Å². The summed E-state index contributed by atoms with van der Waals surface area (Å²) in [7, 11) is 0. The van der Waals surface area contributed by atoms with Crippen LogP contribution >= 0.6 is 0 Å². The Bertz CT molecular complexity index is 408. The van der Waals surface area contributed by atoms with Crippen LogP contribution < -0.4 is 0 Å². The van der Waals surface area contributed by atoms with E-state index in [2.05, 4.69) is 14.7 Å². The summed E-state index contributed by atoms with van der Waals surface area (Å²) in [6.07, 6.45) is -4.76. The van der Waals surface area contributed by atoms with Crippen molar-refractivity contribution in [1.29, 1.82) is 0 Å². The molecule has 0 amide bonds. The lowest BCUT2D eigenvalue weighted by Gasteiger charge is -2.13. The SMILES string of the molecule is O=C(O)c1noc(C2(C(F)(F)F)CC2)n1. The minimum absolute atomic E-state index is 0.141. The van der Waals surface area contributed by atoms with Gasteiger partial charge >= 0.3 is 12.1 Å². The Morgan fingerprint density at radius 3 is 2.40 bits per heavy atom. The maximum Gasteiger partial charge on any atom is 0.403 e. The van der Waals surface area contributed by atoms with Crippen molar-refractivity contribution in [3.8, 4) is 0 Å². The fourth-order valence-electron chi connectivity index (χ4n) is 1.25. The third kappa shape index (κ3) is 1.36. The summed E-state index contributed by atoms with van der Waals surface area (Å²) in [5, 5.41) is 11.4. The van der Waals surface area contributed by atoms with Crippen LogP contribution in [0.25, 0.3) is 0 Å². The van der Waals surface area contributed by atoms with Gasteiger partial charge in [-0.25, -0.2) is 4.79 Å². The highest BCUT2D eigenvalue weighted by Gasteiger charge is 2.68. The standard InChI is InChI=1S/C7H5F3N2O3/c8-7(9,10)6(1-2-6)5-11-3(4(13)14)12-15-5/h1-2H2,(H,13,14). The summed E-state index contributed by atoms with van der Waals surface area (Å²) in [5.74, 6) is -2.92. The molecule has 8 heteroatoms. The molecule has 1 aliphatic rings. The molecule has 1 fully saturated rings. The molecule has 0 spiro atoms. The van der Waals surface area contributed by atoms with Crippen molar-refractivity contribution in [1.82, 2.24) is 10.1 Å². The van der Waals surface area contributed by atoms with Gasteiger partial charge < -0.3 is 9.63 Å². The van der Waals surface area contributed by atoms with Gasteiger partial charge in [0, 0.05) is 0 Å². The van der Waals surface area contributed by atoms with Gasteiger partial charge in [0.15, 0.2) is 0 Å². The molecular weight excluding hydrogens is 217 g/mol. The number of rotatable bonds is 2. The molecule has 1 N–H and O–H groups in total. The predicted molar refractivity (Wildman–Crippen MR) is 38.2 cm³/mol. The number of alkyl halides is 3. The molecule has 0 unspecified atom stereocenters. The largest absolute Gasteiger partial charge is 0.475 e. The zero-order chi connectivity index (χ0) is 11.3. The van der Waals surface area contributed by atoms with Crippen molar-refractivity contribution >= 4 is 5.97 Å². The molecule has 2 rings (SSSR count). The van der Waals surface area contributed by atoms with E-state index in [0.717, 1.165) is 0 Å². The second-order valence-electron chi connectivity index (χ2n) is 3.31. The number of carbonyl (C=O) groups is 1. The van der Waals surface area contributed by atoms with Crippen LogP contribution in [0.2, 0.25) is 0 Å². The molecule has 0 aliphatic heterocycles. The molecule has 0 bridgehead atoms. The van der Waals surface area contributed by atoms with E-state index in [1.807, 2.05) is 0 Å². The quantitative estimate of drug-likeness (QED) is 0.817. The Morgan fingerprint density at radius 1 is 1.47 bits per heavy atom. The van der Waals surface area contributed by atoms with E-state index in [-0.39, 0.29) is 12.8 Å². The molecule has 1 heterocycles. The van der Waals surface area contributed by atoms with Crippen LogP contribution in [-0.4, -0.2) is 27.4 Å². The molecule has 15 heavy (non-hydrogen) atoms. The van der Waals surface area contributed by atoms with Crippen LogP contribution in [-0.2, 0) is 5.41 Å². The van der Waals surface area contributed by atoms with E-state index >= 15 is 0 Å². The van der Waals surface area contributed by atoms with Gasteiger partial charge in [0.05, 0.1) is 0 Å². The first kappa shape index (κ1) is 9.94. The third-order valence-corrected chi connectivity index (χ3v) is 2.32. The summed E-state index contributed by atoms with van der Waals surface area (Å²) in [5.41, 5.74) is -2.12. The van der Waals surface area contributed by atoms with E-state index < -0.39 is 29.3 Å². The molecule has 82 valence electrons. The van der Waals surface area contributed by atoms with Gasteiger partial charge in [-0.05, 0) is 18.0 Å². The Balaban J connectivity index is 2.35. The van der Waals surface area contributed by atoms with Crippen molar-refractivity contribution in [2.24, 2.45) is 0 Å². The van der Waals surface area contributed by atoms with Gasteiger partial charge in [-0.2, -0.15) is 18.2 Å². The lowest BCUT2D eigenvalue weighted by molar-refractivity contribution is -0.166. The highest BCUT2D eigenvalue weighted by Crippen LogP contribution is 2.58. The summed E-state index contributed by atoms with van der Waals surface area (Å²) < 4.78 is 41.9. The van der Waals surface area contributed by atoms with Crippen LogP contribution in [0.15, 0.2) is 4.52 Å². The van der Waals surface area contributed by atoms with Crippen molar-refractivity contribution < 1.29 is 27.6 Å². The van der Waals surface area contributed by atoms with Crippen LogP contribution in [0.3, 0.4) is 0 Å². The smallest absolute Gasteiger partial charge is 0.403 e. The molecule has 1 saturated carbocycles. The molecular formula is C7H5F3N2O3. The van der Waals surface area contributed by atoms with Crippen LogP contribution in [0.1, 0.15) is 29.4 Å². The zero-order valence-corrected chi connectivity index (χ0v) is 7.21. The molecule has 0 radical (unpaired) electrons. The van der Waals surface area contributed by atoms with E-state index in [4.69, 9.17) is 5.11 Å². The van der Waals surface area contributed by atoms with Crippen molar-refractivity contribution in [2.45, 2.75) is 24.4 Å². The maximum atomic E-state index is 12.5. The average molecular weight is 222 g/mol. The van der Waals surface area contributed by atoms with Crippen LogP contribution in [0, 0.1) is 0 Å². The topological polar surface area (TPSA) is 76.2 Å². The van der Waals surface area contributed by atoms with Crippen molar-refractivity contribution in [3.63, 3.8) is 0 Å². The highest BCUT2D eigenvalue weighted by atomic mass is 19.4. The zero-order valence-electron chi connectivity index (χ0n) is 7.21. The second-order valence-corrected chi connectivity index (χ2v) is 3.31. The minimum atomic E-state index is -4.48. The molecule has 1 aromatic heterocycles. The number of hydrogen-bond acceptors (Lipinski definition) is 4. The van der Waals surface area contributed by atoms with Gasteiger partial charge in [-0.3, -0.25) is 0 Å². The first-order valence-corrected chi connectivity index (χ1v) is 4.01. The Morgan fingerprint density at radius 2 is 2.07 bits per heavy atom. The number of carboxylic acid groups (broad SMARTS) is 1. The number of carboxylic acids is 1. The monoisotopic (exact) mass is 222 g/mol. The first-order valence-electron chi connectivity index (χ1n) is 4.01. The van der Waals surface area contributed by atoms with Crippen molar-refractivity contribution in [3.05, 3.63) is 11.7 Å². The van der Waals surface area contributed by atoms with Gasteiger partial charge in [0.25, 0.3) is 5.82 Å². The summed E-state index contributed by atoms with van der Waals surface area (Å²) >= 11 is 0. The Labute approximate surface area is 80.9 Å². The van der Waals surface area contributed by atoms with E-state index in [0.29, 0.717) is 0 Å². The number of aromatic carboxylic acids is 1. The van der Waals surface area contributed by atoms with Crippen LogP contribution in [0.5, 0.6) is 0 Å². The predicted octanol–water partition coefficient (Wildman–Crippen LogP) is 1.36. The van der Waals surface area contributed by atoms with E-state index in [1.165, 1.54) is 0 Å². The summed E-state index contributed by atoms with van der Waals surface area (Å²) in [6, 6.07) is 0. The number of aromatic nitrogens is 2. The lowest BCUT2D eigenvalue weighted by atomic mass is 10.1. The maximum absolute atomic E-state index is 12.5. The molecule has 5 nitrogen and oxygen atoms in total. The van der Waals surface area contributed by atoms with Crippen molar-refractivity contribution in [2.75, 3.05) is 0 Å². The first-order chi connectivity index (χ1) is 6.87. The van der Waals surface area contributed by atoms with Gasteiger partial charge in [-0.1, -0.05) is 0 Å². The fourth-order valence-corrected chi connectivity index (χ4v) is 1.25. The minimum Gasteiger partial charge on any atom is -0.475 e. The summed E-state index contributed by atoms with van der Waals surface area (Å²) in [6.45, 7) is 0. The molecule has 0 saturated heterocycles. The Hall–Kier alpha value is -1.60. The van der Waals surface area contributed by atoms with Gasteiger partial charge in [0.1, 0.15) is 5.41 Å². The molecule has 0 atom stereocenters. The average Bonchev–Trinajstić information content (AvgIpc) is 2.77. The summed E-state index contributed by atoms with van der Waals surface area (Å²) in [4.78, 5) is 13.6. The van der Waals surface area contributed by atoms with E-state index in [1.54, 1.807) is 0 Å². The highest BCUT2D eigenvalue weighted by molar-refractivity contribution is 5.82. The number of nitrogens with zero attached hydrogens (tertiary/aromatic N) is 2. The number of halogens is 3. The molecule has 1 aliphatic carbocycles. The molecule has 0 aromatic carbocycles. The number of hydrogen-bond donors (Lipinski definition) is 1. The second kappa shape index (κ2) is 2.71. The third-order valence-electron chi connectivity index (χ3n) is 2.32. The van der Waals surface area contributed by atoms with E-state index in [9.17, 15) is 18.0 Å². The van der Waals surface area contributed by atoms with Gasteiger partial charge in [0.2, 0.25) is 5.89 Å².